The molecule has 8 nitrogen and oxygen atoms in total. The fraction of sp³-hybridized carbons (Fsp3) is 0.323. The number of aromatic nitrogens is 3. The number of hydrogen-bond donors (Lipinski definition) is 1. The fourth-order valence-electron chi connectivity index (χ4n) is 5.52. The average Bonchev–Trinajstić information content (AvgIpc) is 2.99. The van der Waals surface area contributed by atoms with E-state index in [2.05, 4.69) is 9.88 Å². The first-order valence-corrected chi connectivity index (χ1v) is 13.9. The molecular weight excluding hydrogens is 564 g/mol. The molecule has 0 aliphatic carbocycles. The monoisotopic (exact) mass is 596 g/mol. The van der Waals surface area contributed by atoms with E-state index < -0.39 is 47.0 Å². The van der Waals surface area contributed by atoms with Gasteiger partial charge in [0.2, 0.25) is 0 Å². The molecule has 2 N–H and O–H groups in total. The number of alkyl halides is 3. The number of anilines is 1. The van der Waals surface area contributed by atoms with E-state index in [9.17, 15) is 27.2 Å². The molecule has 4 aromatic rings. The van der Waals surface area contributed by atoms with Crippen molar-refractivity contribution >= 4 is 5.69 Å². The van der Waals surface area contributed by atoms with E-state index in [1.54, 1.807) is 42.7 Å². The second kappa shape index (κ2) is 12.5. The number of rotatable bonds is 8. The van der Waals surface area contributed by atoms with E-state index in [-0.39, 0.29) is 17.9 Å². The van der Waals surface area contributed by atoms with Crippen molar-refractivity contribution < 1.29 is 17.6 Å². The zero-order valence-electron chi connectivity index (χ0n) is 23.6. The van der Waals surface area contributed by atoms with Gasteiger partial charge in [-0.1, -0.05) is 42.5 Å². The number of halogens is 4. The summed E-state index contributed by atoms with van der Waals surface area (Å²) >= 11 is 0. The van der Waals surface area contributed by atoms with Crippen LogP contribution in [-0.2, 0) is 25.8 Å². The van der Waals surface area contributed by atoms with Gasteiger partial charge in [0, 0.05) is 62.4 Å². The number of hydrogen-bond acceptors (Lipinski definition) is 6. The first kappa shape index (κ1) is 30.2. The molecule has 0 unspecified atom stereocenters. The van der Waals surface area contributed by atoms with Crippen molar-refractivity contribution in [2.45, 2.75) is 38.8 Å². The molecule has 0 saturated carbocycles. The van der Waals surface area contributed by atoms with Crippen LogP contribution in [0.1, 0.15) is 34.0 Å². The molecule has 0 amide bonds. The van der Waals surface area contributed by atoms with Gasteiger partial charge in [-0.2, -0.15) is 13.2 Å². The highest BCUT2D eigenvalue weighted by Crippen LogP contribution is 2.33. The summed E-state index contributed by atoms with van der Waals surface area (Å²) in [6.45, 7) is 3.34. The summed E-state index contributed by atoms with van der Waals surface area (Å²) < 4.78 is 58.5. The Balaban J connectivity index is 1.55. The Bertz CT molecular complexity index is 1680. The van der Waals surface area contributed by atoms with Crippen LogP contribution in [0.3, 0.4) is 0 Å². The molecule has 0 radical (unpaired) electrons. The fourth-order valence-corrected chi connectivity index (χ4v) is 5.52. The Hall–Kier alpha value is -4.29. The zero-order valence-corrected chi connectivity index (χ0v) is 23.6. The molecule has 12 heteroatoms. The molecule has 1 saturated heterocycles. The van der Waals surface area contributed by atoms with Gasteiger partial charge in [0.25, 0.3) is 5.56 Å². The molecule has 2 aromatic carbocycles. The first-order valence-electron chi connectivity index (χ1n) is 13.9. The van der Waals surface area contributed by atoms with Crippen molar-refractivity contribution in [1.82, 2.24) is 19.0 Å². The van der Waals surface area contributed by atoms with Crippen molar-refractivity contribution in [3.63, 3.8) is 0 Å². The van der Waals surface area contributed by atoms with E-state index in [1.807, 2.05) is 17.0 Å². The topological polar surface area (TPSA) is 89.4 Å². The lowest BCUT2D eigenvalue weighted by atomic mass is 10.1. The van der Waals surface area contributed by atoms with Crippen molar-refractivity contribution in [1.29, 1.82) is 0 Å². The largest absolute Gasteiger partial charge is 0.416 e. The quantitative estimate of drug-likeness (QED) is 0.310. The predicted octanol–water partition coefficient (Wildman–Crippen LogP) is 3.94. The van der Waals surface area contributed by atoms with Gasteiger partial charge in [0.05, 0.1) is 18.7 Å². The third-order valence-corrected chi connectivity index (χ3v) is 7.82. The van der Waals surface area contributed by atoms with Crippen LogP contribution in [0.2, 0.25) is 0 Å². The molecule has 0 bridgehead atoms. The van der Waals surface area contributed by atoms with Gasteiger partial charge in [0.1, 0.15) is 11.5 Å². The summed E-state index contributed by atoms with van der Waals surface area (Å²) in [6, 6.07) is 14.7. The van der Waals surface area contributed by atoms with Gasteiger partial charge in [0.15, 0.2) is 0 Å². The number of benzene rings is 2. The van der Waals surface area contributed by atoms with Crippen LogP contribution in [-0.4, -0.2) is 45.2 Å². The highest BCUT2D eigenvalue weighted by atomic mass is 19.4. The van der Waals surface area contributed by atoms with Crippen LogP contribution in [0.15, 0.2) is 82.6 Å². The highest BCUT2D eigenvalue weighted by molar-refractivity contribution is 5.50. The maximum atomic E-state index is 14.9. The van der Waals surface area contributed by atoms with Crippen molar-refractivity contribution in [2.75, 3.05) is 31.1 Å². The molecule has 1 fully saturated rings. The SMILES string of the molecule is Cc1c(N2CCN(Cc3cccnc3)CC2)c(=O)n(C[C@@H](N)c2ccccc2)c(=O)n1Cc1c(F)cccc1C(F)(F)F. The summed E-state index contributed by atoms with van der Waals surface area (Å²) in [5.74, 6) is -1.09. The molecule has 43 heavy (non-hydrogen) atoms. The lowest BCUT2D eigenvalue weighted by Gasteiger charge is -2.37. The highest BCUT2D eigenvalue weighted by Gasteiger charge is 2.35. The summed E-state index contributed by atoms with van der Waals surface area (Å²) in [7, 11) is 0. The summed E-state index contributed by atoms with van der Waals surface area (Å²) in [4.78, 5) is 35.9. The van der Waals surface area contributed by atoms with E-state index in [4.69, 9.17) is 5.73 Å². The lowest BCUT2D eigenvalue weighted by Crippen LogP contribution is -2.51. The van der Waals surface area contributed by atoms with E-state index in [0.717, 1.165) is 32.9 Å². The van der Waals surface area contributed by atoms with Crippen LogP contribution in [0.4, 0.5) is 23.2 Å². The maximum Gasteiger partial charge on any atom is 0.416 e. The Morgan fingerprint density at radius 3 is 2.28 bits per heavy atom. The Morgan fingerprint density at radius 1 is 0.907 bits per heavy atom. The zero-order chi connectivity index (χ0) is 30.7. The van der Waals surface area contributed by atoms with Crippen molar-refractivity contribution in [3.05, 3.63) is 128 Å². The Morgan fingerprint density at radius 2 is 1.63 bits per heavy atom. The van der Waals surface area contributed by atoms with Crippen molar-refractivity contribution in [3.8, 4) is 0 Å². The molecule has 0 spiro atoms. The molecule has 3 heterocycles. The van der Waals surface area contributed by atoms with E-state index in [1.165, 1.54) is 6.92 Å². The molecule has 5 rings (SSSR count). The summed E-state index contributed by atoms with van der Waals surface area (Å²) in [5, 5.41) is 0. The lowest BCUT2D eigenvalue weighted by molar-refractivity contribution is -0.138. The van der Waals surface area contributed by atoms with Crippen LogP contribution < -0.4 is 21.9 Å². The van der Waals surface area contributed by atoms with Gasteiger partial charge < -0.3 is 10.6 Å². The van der Waals surface area contributed by atoms with Gasteiger partial charge in [-0.3, -0.25) is 23.8 Å². The minimum absolute atomic E-state index is 0.164. The molecule has 1 aliphatic rings. The first-order chi connectivity index (χ1) is 20.5. The van der Waals surface area contributed by atoms with Crippen LogP contribution in [0.5, 0.6) is 0 Å². The van der Waals surface area contributed by atoms with Crippen LogP contribution >= 0.6 is 0 Å². The molecular formula is C31H32F4N6O2. The van der Waals surface area contributed by atoms with Crippen LogP contribution in [0, 0.1) is 12.7 Å². The second-order valence-corrected chi connectivity index (χ2v) is 10.6. The second-order valence-electron chi connectivity index (χ2n) is 10.6. The van der Waals surface area contributed by atoms with Crippen LogP contribution in [0.25, 0.3) is 0 Å². The molecule has 1 atom stereocenters. The standard InChI is InChI=1S/C31H32F4N6O2/c1-21-28(39-15-13-38(14-16-39)18-22-7-6-12-37-17-22)29(42)41(20-27(36)23-8-3-2-4-9-23)30(43)40(21)19-24-25(31(33,34)35)10-5-11-26(24)32/h2-12,17,27H,13-16,18-20,36H2,1H3/t27-/m1/s1. The number of nitrogens with two attached hydrogens (primary N) is 1. The number of nitrogens with zero attached hydrogens (tertiary/aromatic N) is 5. The van der Waals surface area contributed by atoms with Crippen molar-refractivity contribution in [2.24, 2.45) is 5.73 Å². The van der Waals surface area contributed by atoms with Gasteiger partial charge >= 0.3 is 11.9 Å². The summed E-state index contributed by atoms with van der Waals surface area (Å²) in [5.41, 5.74) is 5.17. The minimum Gasteiger partial charge on any atom is -0.363 e. The summed E-state index contributed by atoms with van der Waals surface area (Å²) in [6.07, 6.45) is -1.35. The Labute approximate surface area is 245 Å². The predicted molar refractivity (Wildman–Crippen MR) is 155 cm³/mol. The number of pyridine rings is 1. The molecule has 1 aliphatic heterocycles. The Kier molecular flexibility index (Phi) is 8.79. The van der Waals surface area contributed by atoms with E-state index >= 15 is 0 Å². The smallest absolute Gasteiger partial charge is 0.363 e. The van der Waals surface area contributed by atoms with Gasteiger partial charge in [-0.05, 0) is 36.2 Å². The molecule has 226 valence electrons. The third-order valence-electron chi connectivity index (χ3n) is 7.82. The maximum absolute atomic E-state index is 14.9. The molecule has 2 aromatic heterocycles. The van der Waals surface area contributed by atoms with E-state index in [0.29, 0.717) is 38.3 Å². The number of piperazine rings is 1. The normalized spacial score (nSPS) is 15.1. The third kappa shape index (κ3) is 6.55. The average molecular weight is 597 g/mol. The van der Waals surface area contributed by atoms with Gasteiger partial charge in [-0.25, -0.2) is 9.18 Å². The minimum atomic E-state index is -4.84. The van der Waals surface area contributed by atoms with Gasteiger partial charge in [-0.15, -0.1) is 0 Å².